The SMILES string of the molecule is CC(C)c1csc([C@@H]2CCCN(C[C@@H]3CCS(=O)(=O)C3)C2)n1. The van der Waals surface area contributed by atoms with Gasteiger partial charge in [0.15, 0.2) is 9.84 Å². The Kier molecular flexibility index (Phi) is 4.90. The summed E-state index contributed by atoms with van der Waals surface area (Å²) in [7, 11) is -2.76. The minimum absolute atomic E-state index is 0.339. The molecule has 0 N–H and O–H groups in total. The van der Waals surface area contributed by atoms with E-state index < -0.39 is 9.84 Å². The zero-order valence-corrected chi connectivity index (χ0v) is 15.1. The maximum Gasteiger partial charge on any atom is 0.150 e. The summed E-state index contributed by atoms with van der Waals surface area (Å²) in [4.78, 5) is 7.29. The number of thiazole rings is 1. The first kappa shape index (κ1) is 16.4. The summed E-state index contributed by atoms with van der Waals surface area (Å²) in [5.41, 5.74) is 1.21. The molecule has 2 aliphatic rings. The Morgan fingerprint density at radius 2 is 2.23 bits per heavy atom. The summed E-state index contributed by atoms with van der Waals surface area (Å²) < 4.78 is 23.2. The van der Waals surface area contributed by atoms with Crippen LogP contribution in [0.15, 0.2) is 5.38 Å². The second-order valence-electron chi connectivity index (χ2n) is 7.13. The van der Waals surface area contributed by atoms with Crippen LogP contribution in [0.4, 0.5) is 0 Å². The lowest BCUT2D eigenvalue weighted by molar-refractivity contribution is 0.184. The third-order valence-corrected chi connectivity index (χ3v) is 7.69. The molecule has 2 saturated heterocycles. The number of aromatic nitrogens is 1. The fraction of sp³-hybridized carbons (Fsp3) is 0.812. The maximum absolute atomic E-state index is 11.6. The predicted octanol–water partition coefficient (Wildman–Crippen LogP) is 2.88. The van der Waals surface area contributed by atoms with E-state index in [-0.39, 0.29) is 0 Å². The molecule has 0 aliphatic carbocycles. The van der Waals surface area contributed by atoms with Crippen LogP contribution in [0.25, 0.3) is 0 Å². The fourth-order valence-electron chi connectivity index (χ4n) is 3.56. The molecule has 1 aromatic heterocycles. The van der Waals surface area contributed by atoms with Crippen molar-refractivity contribution in [3.05, 3.63) is 16.1 Å². The molecule has 0 amide bonds. The van der Waals surface area contributed by atoms with Crippen LogP contribution in [0.5, 0.6) is 0 Å². The summed E-state index contributed by atoms with van der Waals surface area (Å²) in [6, 6.07) is 0. The number of hydrogen-bond acceptors (Lipinski definition) is 5. The highest BCUT2D eigenvalue weighted by Gasteiger charge is 2.31. The molecule has 2 atom stereocenters. The highest BCUT2D eigenvalue weighted by molar-refractivity contribution is 7.91. The standard InChI is InChI=1S/C16H26N2O2S2/c1-12(2)15-10-21-16(17-15)14-4-3-6-18(9-14)8-13-5-7-22(19,20)11-13/h10,12-14H,3-9,11H2,1-2H3/t13-,14+/m0/s1. The average molecular weight is 343 g/mol. The third kappa shape index (κ3) is 3.89. The summed E-state index contributed by atoms with van der Waals surface area (Å²) in [5, 5.41) is 3.47. The van der Waals surface area contributed by atoms with Crippen LogP contribution >= 0.6 is 11.3 Å². The lowest BCUT2D eigenvalue weighted by atomic mass is 9.97. The second kappa shape index (κ2) is 6.57. The zero-order chi connectivity index (χ0) is 15.7. The predicted molar refractivity (Wildman–Crippen MR) is 91.4 cm³/mol. The van der Waals surface area contributed by atoms with Crippen LogP contribution in [0.3, 0.4) is 0 Å². The lowest BCUT2D eigenvalue weighted by Gasteiger charge is -2.33. The molecule has 2 fully saturated rings. The van der Waals surface area contributed by atoms with Gasteiger partial charge < -0.3 is 4.90 Å². The van der Waals surface area contributed by atoms with E-state index in [1.165, 1.54) is 23.5 Å². The van der Waals surface area contributed by atoms with E-state index in [2.05, 4.69) is 24.1 Å². The van der Waals surface area contributed by atoms with Gasteiger partial charge in [-0.2, -0.15) is 0 Å². The van der Waals surface area contributed by atoms with Gasteiger partial charge in [0.1, 0.15) is 0 Å². The minimum atomic E-state index is -2.76. The van der Waals surface area contributed by atoms with E-state index in [0.717, 1.165) is 26.1 Å². The lowest BCUT2D eigenvalue weighted by Crippen LogP contribution is -2.38. The van der Waals surface area contributed by atoms with Crippen molar-refractivity contribution in [3.8, 4) is 0 Å². The molecule has 2 aliphatic heterocycles. The van der Waals surface area contributed by atoms with E-state index >= 15 is 0 Å². The Bertz CT molecular complexity index is 609. The van der Waals surface area contributed by atoms with Gasteiger partial charge in [0.2, 0.25) is 0 Å². The molecule has 1 aromatic rings. The van der Waals surface area contributed by atoms with Crippen molar-refractivity contribution < 1.29 is 8.42 Å². The van der Waals surface area contributed by atoms with E-state index in [9.17, 15) is 8.42 Å². The smallest absolute Gasteiger partial charge is 0.150 e. The first-order valence-corrected chi connectivity index (χ1v) is 11.0. The molecule has 0 bridgehead atoms. The molecule has 0 radical (unpaired) electrons. The van der Waals surface area contributed by atoms with Gasteiger partial charge in [-0.25, -0.2) is 13.4 Å². The van der Waals surface area contributed by atoms with Gasteiger partial charge in [-0.15, -0.1) is 11.3 Å². The van der Waals surface area contributed by atoms with Crippen molar-refractivity contribution >= 4 is 21.2 Å². The van der Waals surface area contributed by atoms with Gasteiger partial charge in [0.05, 0.1) is 22.2 Å². The Morgan fingerprint density at radius 3 is 2.86 bits per heavy atom. The van der Waals surface area contributed by atoms with Crippen LogP contribution < -0.4 is 0 Å². The monoisotopic (exact) mass is 342 g/mol. The van der Waals surface area contributed by atoms with E-state index in [1.807, 2.05) is 0 Å². The van der Waals surface area contributed by atoms with Gasteiger partial charge in [-0.05, 0) is 37.6 Å². The second-order valence-corrected chi connectivity index (χ2v) is 10.3. The molecular formula is C16H26N2O2S2. The molecule has 22 heavy (non-hydrogen) atoms. The number of nitrogens with zero attached hydrogens (tertiary/aromatic N) is 2. The van der Waals surface area contributed by atoms with Gasteiger partial charge in [-0.3, -0.25) is 0 Å². The zero-order valence-electron chi connectivity index (χ0n) is 13.5. The molecule has 4 nitrogen and oxygen atoms in total. The van der Waals surface area contributed by atoms with Crippen LogP contribution in [0.2, 0.25) is 0 Å². The van der Waals surface area contributed by atoms with Crippen LogP contribution in [-0.2, 0) is 9.84 Å². The van der Waals surface area contributed by atoms with Gasteiger partial charge in [-0.1, -0.05) is 13.8 Å². The molecule has 0 saturated carbocycles. The Morgan fingerprint density at radius 1 is 1.41 bits per heavy atom. The van der Waals surface area contributed by atoms with Crippen LogP contribution in [0, 0.1) is 5.92 Å². The maximum atomic E-state index is 11.6. The summed E-state index contributed by atoms with van der Waals surface area (Å²) >= 11 is 1.80. The van der Waals surface area contributed by atoms with Gasteiger partial charge in [0.25, 0.3) is 0 Å². The first-order chi connectivity index (χ1) is 10.4. The molecule has 3 rings (SSSR count). The molecule has 124 valence electrons. The van der Waals surface area contributed by atoms with E-state index in [0.29, 0.717) is 29.3 Å². The number of hydrogen-bond donors (Lipinski definition) is 0. The summed E-state index contributed by atoms with van der Waals surface area (Å²) in [6.45, 7) is 7.47. The summed E-state index contributed by atoms with van der Waals surface area (Å²) in [6.07, 6.45) is 3.25. The van der Waals surface area contributed by atoms with Gasteiger partial charge >= 0.3 is 0 Å². The Balaban J connectivity index is 1.59. The van der Waals surface area contributed by atoms with Gasteiger partial charge in [0, 0.05) is 24.4 Å². The average Bonchev–Trinajstić information content (AvgIpc) is 3.06. The normalized spacial score (nSPS) is 29.2. The largest absolute Gasteiger partial charge is 0.302 e. The Labute approximate surface area is 137 Å². The summed E-state index contributed by atoms with van der Waals surface area (Å²) in [5.74, 6) is 2.14. The molecule has 3 heterocycles. The molecule has 0 aromatic carbocycles. The minimum Gasteiger partial charge on any atom is -0.302 e. The molecular weight excluding hydrogens is 316 g/mol. The first-order valence-electron chi connectivity index (χ1n) is 8.31. The van der Waals surface area contributed by atoms with Crippen molar-refractivity contribution in [2.45, 2.75) is 44.9 Å². The molecule has 0 unspecified atom stereocenters. The number of rotatable bonds is 4. The topological polar surface area (TPSA) is 50.3 Å². The molecule has 6 heteroatoms. The van der Waals surface area contributed by atoms with Crippen LogP contribution in [0.1, 0.15) is 55.6 Å². The third-order valence-electron chi connectivity index (χ3n) is 4.83. The van der Waals surface area contributed by atoms with Crippen molar-refractivity contribution in [2.24, 2.45) is 5.92 Å². The number of sulfone groups is 1. The molecule has 0 spiro atoms. The van der Waals surface area contributed by atoms with Crippen molar-refractivity contribution in [1.82, 2.24) is 9.88 Å². The highest BCUT2D eigenvalue weighted by Crippen LogP contribution is 2.31. The number of likely N-dealkylation sites (tertiary alicyclic amines) is 1. The number of piperidine rings is 1. The quantitative estimate of drug-likeness (QED) is 0.844. The van der Waals surface area contributed by atoms with Crippen molar-refractivity contribution in [1.29, 1.82) is 0 Å². The van der Waals surface area contributed by atoms with Crippen molar-refractivity contribution in [3.63, 3.8) is 0 Å². The van der Waals surface area contributed by atoms with E-state index in [4.69, 9.17) is 4.98 Å². The van der Waals surface area contributed by atoms with Crippen molar-refractivity contribution in [2.75, 3.05) is 31.1 Å². The fourth-order valence-corrected chi connectivity index (χ4v) is 6.52. The van der Waals surface area contributed by atoms with Crippen LogP contribution in [-0.4, -0.2) is 49.4 Å². The highest BCUT2D eigenvalue weighted by atomic mass is 32.2. The van der Waals surface area contributed by atoms with E-state index in [1.54, 1.807) is 11.3 Å². The Hall–Kier alpha value is -0.460.